The largest absolute Gasteiger partial charge is 0.339 e. The van der Waals surface area contributed by atoms with E-state index in [9.17, 15) is 9.18 Å². The molecule has 2 heterocycles. The normalized spacial score (nSPS) is 18.7. The van der Waals surface area contributed by atoms with Gasteiger partial charge in [-0.05, 0) is 73.2 Å². The molecule has 1 amide bonds. The first-order chi connectivity index (χ1) is 13.6. The maximum atomic E-state index is 13.5. The number of anilines is 1. The van der Waals surface area contributed by atoms with Crippen molar-refractivity contribution in [2.45, 2.75) is 38.5 Å². The molecule has 0 radical (unpaired) electrons. The van der Waals surface area contributed by atoms with Crippen LogP contribution in [0.1, 0.15) is 41.3 Å². The van der Waals surface area contributed by atoms with Gasteiger partial charge in [-0.25, -0.2) is 4.39 Å². The molecule has 5 nitrogen and oxygen atoms in total. The van der Waals surface area contributed by atoms with E-state index in [1.165, 1.54) is 23.6 Å². The zero-order valence-electron chi connectivity index (χ0n) is 15.6. The Morgan fingerprint density at radius 2 is 2.00 bits per heavy atom. The lowest BCUT2D eigenvalue weighted by atomic mass is 10.1. The fraction of sp³-hybridized carbons (Fsp3) is 0.318. The van der Waals surface area contributed by atoms with Gasteiger partial charge in [-0.3, -0.25) is 4.79 Å². The van der Waals surface area contributed by atoms with Crippen molar-refractivity contribution in [3.05, 3.63) is 64.8 Å². The maximum Gasteiger partial charge on any atom is 0.232 e. The molecular weight excluding hydrogens is 357 g/mol. The van der Waals surface area contributed by atoms with E-state index in [-0.39, 0.29) is 17.6 Å². The number of nitrogens with zero attached hydrogens (tertiary/aromatic N) is 3. The number of carbonyl (C=O) groups excluding carboxylic acids is 1. The third kappa shape index (κ3) is 2.89. The second-order valence-electron chi connectivity index (χ2n) is 7.63. The van der Waals surface area contributed by atoms with Gasteiger partial charge in [0.1, 0.15) is 5.82 Å². The number of aromatic nitrogens is 2. The van der Waals surface area contributed by atoms with Crippen LogP contribution in [0.3, 0.4) is 0 Å². The van der Waals surface area contributed by atoms with Gasteiger partial charge in [-0.15, -0.1) is 0 Å². The van der Waals surface area contributed by atoms with Crippen LogP contribution in [0, 0.1) is 12.7 Å². The molecule has 1 aliphatic heterocycles. The Kier molecular flexibility index (Phi) is 4.00. The van der Waals surface area contributed by atoms with E-state index in [2.05, 4.69) is 22.3 Å². The van der Waals surface area contributed by atoms with Crippen LogP contribution in [-0.4, -0.2) is 22.6 Å². The third-order valence-electron chi connectivity index (χ3n) is 5.73. The minimum atomic E-state index is -0.265. The van der Waals surface area contributed by atoms with Crippen molar-refractivity contribution in [1.82, 2.24) is 10.1 Å². The predicted octanol–water partition coefficient (Wildman–Crippen LogP) is 4.19. The number of halogens is 1. The van der Waals surface area contributed by atoms with Crippen LogP contribution < -0.4 is 4.90 Å². The van der Waals surface area contributed by atoms with Crippen LogP contribution in [0.5, 0.6) is 0 Å². The van der Waals surface area contributed by atoms with Gasteiger partial charge >= 0.3 is 0 Å². The van der Waals surface area contributed by atoms with Gasteiger partial charge in [0.05, 0.1) is 5.92 Å². The van der Waals surface area contributed by atoms with E-state index >= 15 is 0 Å². The van der Waals surface area contributed by atoms with Crippen molar-refractivity contribution >= 4 is 11.6 Å². The summed E-state index contributed by atoms with van der Waals surface area (Å²) in [5, 5.41) is 4.03. The Bertz CT molecular complexity index is 1080. The monoisotopic (exact) mass is 377 g/mol. The third-order valence-corrected chi connectivity index (χ3v) is 5.73. The van der Waals surface area contributed by atoms with Crippen LogP contribution in [-0.2, 0) is 17.6 Å². The minimum Gasteiger partial charge on any atom is -0.339 e. The zero-order valence-corrected chi connectivity index (χ0v) is 15.6. The van der Waals surface area contributed by atoms with E-state index in [0.717, 1.165) is 18.5 Å². The lowest BCUT2D eigenvalue weighted by Gasteiger charge is -2.17. The van der Waals surface area contributed by atoms with Crippen LogP contribution >= 0.6 is 0 Å². The molecule has 1 fully saturated rings. The van der Waals surface area contributed by atoms with Crippen molar-refractivity contribution < 1.29 is 13.7 Å². The highest BCUT2D eigenvalue weighted by Gasteiger charge is 2.35. The van der Waals surface area contributed by atoms with Crippen LogP contribution in [0.4, 0.5) is 10.1 Å². The summed E-state index contributed by atoms with van der Waals surface area (Å²) in [6, 6.07) is 11.0. The topological polar surface area (TPSA) is 59.2 Å². The Morgan fingerprint density at radius 3 is 2.86 bits per heavy atom. The molecule has 6 heteroatoms. The van der Waals surface area contributed by atoms with Crippen LogP contribution in [0.15, 0.2) is 40.9 Å². The van der Waals surface area contributed by atoms with Gasteiger partial charge in [0.15, 0.2) is 0 Å². The summed E-state index contributed by atoms with van der Waals surface area (Å²) in [6.45, 7) is 2.23. The number of rotatable bonds is 3. The number of hydrogen-bond acceptors (Lipinski definition) is 4. The van der Waals surface area contributed by atoms with E-state index in [1.807, 2.05) is 11.0 Å². The van der Waals surface area contributed by atoms with E-state index in [1.54, 1.807) is 19.1 Å². The Hall–Kier alpha value is -3.02. The Balaban J connectivity index is 1.37. The van der Waals surface area contributed by atoms with Gasteiger partial charge in [-0.1, -0.05) is 11.2 Å². The number of hydrogen-bond donors (Lipinski definition) is 0. The molecule has 28 heavy (non-hydrogen) atoms. The van der Waals surface area contributed by atoms with Crippen molar-refractivity contribution in [3.8, 4) is 11.4 Å². The van der Waals surface area contributed by atoms with Crippen LogP contribution in [0.2, 0.25) is 0 Å². The first kappa shape index (κ1) is 17.1. The van der Waals surface area contributed by atoms with Gasteiger partial charge in [0.25, 0.3) is 0 Å². The van der Waals surface area contributed by atoms with Crippen molar-refractivity contribution in [1.29, 1.82) is 0 Å². The van der Waals surface area contributed by atoms with E-state index in [4.69, 9.17) is 4.52 Å². The Labute approximate surface area is 162 Å². The lowest BCUT2D eigenvalue weighted by Crippen LogP contribution is -2.24. The average Bonchev–Trinajstić information content (AvgIpc) is 3.42. The second-order valence-corrected chi connectivity index (χ2v) is 7.63. The molecule has 5 rings (SSSR count). The van der Waals surface area contributed by atoms with E-state index in [0.29, 0.717) is 35.8 Å². The molecule has 1 aromatic heterocycles. The molecule has 1 saturated heterocycles. The van der Waals surface area contributed by atoms with Crippen molar-refractivity contribution in [2.24, 2.45) is 0 Å². The molecule has 0 N–H and O–H groups in total. The first-order valence-electron chi connectivity index (χ1n) is 9.61. The van der Waals surface area contributed by atoms with Crippen molar-refractivity contribution in [3.63, 3.8) is 0 Å². The molecule has 1 atom stereocenters. The van der Waals surface area contributed by atoms with Gasteiger partial charge in [0, 0.05) is 24.2 Å². The average molecular weight is 377 g/mol. The smallest absolute Gasteiger partial charge is 0.232 e. The molecule has 142 valence electrons. The van der Waals surface area contributed by atoms with E-state index < -0.39 is 0 Å². The highest BCUT2D eigenvalue weighted by molar-refractivity contribution is 5.96. The summed E-state index contributed by atoms with van der Waals surface area (Å²) in [6.07, 6.45) is 3.74. The predicted molar refractivity (Wildman–Crippen MR) is 103 cm³/mol. The number of fused-ring (bicyclic) bond motifs is 1. The molecule has 2 aromatic carbocycles. The minimum absolute atomic E-state index is 0.0697. The second kappa shape index (κ2) is 6.55. The first-order valence-corrected chi connectivity index (χ1v) is 9.61. The zero-order chi connectivity index (χ0) is 19.3. The standard InChI is InChI=1S/C22H20FN3O2/c1-13-9-16(6-8-19(13)23)21-24-22(28-25-21)17-11-20(27)26(12-17)18-7-5-14-3-2-4-15(14)10-18/h5-10,17H,2-4,11-12H2,1H3. The number of benzene rings is 2. The summed E-state index contributed by atoms with van der Waals surface area (Å²) >= 11 is 0. The summed E-state index contributed by atoms with van der Waals surface area (Å²) < 4.78 is 18.9. The molecule has 3 aromatic rings. The van der Waals surface area contributed by atoms with Crippen molar-refractivity contribution in [2.75, 3.05) is 11.4 Å². The number of aryl methyl sites for hydroxylation is 3. The molecule has 0 bridgehead atoms. The molecule has 2 aliphatic rings. The lowest BCUT2D eigenvalue weighted by molar-refractivity contribution is -0.117. The highest BCUT2D eigenvalue weighted by atomic mass is 19.1. The summed E-state index contributed by atoms with van der Waals surface area (Å²) in [4.78, 5) is 18.9. The summed E-state index contributed by atoms with van der Waals surface area (Å²) in [5.41, 5.74) is 4.92. The maximum absolute atomic E-state index is 13.5. The number of carbonyl (C=O) groups is 1. The van der Waals surface area contributed by atoms with Gasteiger partial charge < -0.3 is 9.42 Å². The molecule has 1 unspecified atom stereocenters. The fourth-order valence-electron chi connectivity index (χ4n) is 4.15. The molecular formula is C22H20FN3O2. The molecule has 0 saturated carbocycles. The van der Waals surface area contributed by atoms with Gasteiger partial charge in [0.2, 0.25) is 17.6 Å². The summed E-state index contributed by atoms with van der Waals surface area (Å²) in [7, 11) is 0. The highest BCUT2D eigenvalue weighted by Crippen LogP contribution is 2.34. The summed E-state index contributed by atoms with van der Waals surface area (Å²) in [5.74, 6) is 0.540. The number of amides is 1. The Morgan fingerprint density at radius 1 is 1.14 bits per heavy atom. The van der Waals surface area contributed by atoms with Crippen LogP contribution in [0.25, 0.3) is 11.4 Å². The molecule has 0 spiro atoms. The quantitative estimate of drug-likeness (QED) is 0.687. The fourth-order valence-corrected chi connectivity index (χ4v) is 4.15. The molecule has 1 aliphatic carbocycles. The SMILES string of the molecule is Cc1cc(-c2noc(C3CC(=O)N(c4ccc5c(c4)CCC5)C3)n2)ccc1F. The van der Waals surface area contributed by atoms with Gasteiger partial charge in [-0.2, -0.15) is 4.98 Å².